The summed E-state index contributed by atoms with van der Waals surface area (Å²) in [6, 6.07) is 8.23. The maximum atomic E-state index is 4.52. The molecule has 0 aliphatic carbocycles. The summed E-state index contributed by atoms with van der Waals surface area (Å²) in [4.78, 5) is 4.52. The van der Waals surface area contributed by atoms with E-state index in [0.29, 0.717) is 0 Å². The van der Waals surface area contributed by atoms with Gasteiger partial charge in [0.15, 0.2) is 0 Å². The Morgan fingerprint density at radius 1 is 1.29 bits per heavy atom. The first-order chi connectivity index (χ1) is 6.73. The summed E-state index contributed by atoms with van der Waals surface area (Å²) < 4.78 is 0. The predicted molar refractivity (Wildman–Crippen MR) is 62.0 cm³/mol. The van der Waals surface area contributed by atoms with Crippen molar-refractivity contribution in [1.29, 1.82) is 0 Å². The molecule has 1 aromatic carbocycles. The quantitative estimate of drug-likeness (QED) is 0.630. The van der Waals surface area contributed by atoms with Crippen molar-refractivity contribution < 1.29 is 0 Å². The smallest absolute Gasteiger partial charge is 0.0698 e. The molecule has 1 aliphatic rings. The molecule has 72 valence electrons. The molecular formula is C13H15N. The summed E-state index contributed by atoms with van der Waals surface area (Å²) in [5.41, 5.74) is 2.39. The number of para-hydroxylation sites is 1. The van der Waals surface area contributed by atoms with E-state index in [1.165, 1.54) is 5.56 Å². The van der Waals surface area contributed by atoms with E-state index in [0.717, 1.165) is 12.1 Å². The van der Waals surface area contributed by atoms with Gasteiger partial charge in [-0.05, 0) is 18.1 Å². The van der Waals surface area contributed by atoms with Crippen molar-refractivity contribution in [2.45, 2.75) is 20.3 Å². The zero-order valence-corrected chi connectivity index (χ0v) is 8.70. The van der Waals surface area contributed by atoms with E-state index in [9.17, 15) is 0 Å². The molecule has 1 atom stereocenters. The van der Waals surface area contributed by atoms with Crippen LogP contribution in [0.15, 0.2) is 35.3 Å². The Labute approximate surface area is 85.2 Å². The minimum atomic E-state index is 0.110. The van der Waals surface area contributed by atoms with Gasteiger partial charge in [-0.3, -0.25) is 4.99 Å². The zero-order chi connectivity index (χ0) is 10.0. The van der Waals surface area contributed by atoms with Gasteiger partial charge in [0.2, 0.25) is 0 Å². The molecule has 1 heteroatoms. The second-order valence-electron chi connectivity index (χ2n) is 4.01. The fraction of sp³-hybridized carbons (Fsp3) is 0.308. The van der Waals surface area contributed by atoms with Crippen LogP contribution >= 0.6 is 0 Å². The van der Waals surface area contributed by atoms with Gasteiger partial charge in [-0.15, -0.1) is 0 Å². The first-order valence-electron chi connectivity index (χ1n) is 5.07. The standard InChI is InChI=1S/C13H15N/c1-3-13(2)9-8-11-6-4-5-7-12(11)14-10-13/h4-10H,3H2,1-2H3. The number of allylic oxidation sites excluding steroid dienone is 1. The molecule has 1 aliphatic heterocycles. The summed E-state index contributed by atoms with van der Waals surface area (Å²) in [7, 11) is 0. The Kier molecular flexibility index (Phi) is 2.24. The minimum absolute atomic E-state index is 0.110. The van der Waals surface area contributed by atoms with E-state index >= 15 is 0 Å². The molecule has 1 aromatic rings. The molecule has 1 unspecified atom stereocenters. The lowest BCUT2D eigenvalue weighted by Crippen LogP contribution is -2.12. The van der Waals surface area contributed by atoms with Crippen LogP contribution in [0.2, 0.25) is 0 Å². The number of nitrogens with zero attached hydrogens (tertiary/aromatic N) is 1. The predicted octanol–water partition coefficient (Wildman–Crippen LogP) is 3.83. The number of hydrogen-bond donors (Lipinski definition) is 0. The third-order valence-electron chi connectivity index (χ3n) is 2.84. The van der Waals surface area contributed by atoms with Gasteiger partial charge in [0.25, 0.3) is 0 Å². The van der Waals surface area contributed by atoms with Crippen LogP contribution in [0.4, 0.5) is 5.69 Å². The van der Waals surface area contributed by atoms with E-state index in [1.54, 1.807) is 0 Å². The van der Waals surface area contributed by atoms with E-state index in [-0.39, 0.29) is 5.41 Å². The van der Waals surface area contributed by atoms with Gasteiger partial charge in [-0.1, -0.05) is 44.2 Å². The number of hydrogen-bond acceptors (Lipinski definition) is 1. The third kappa shape index (κ3) is 1.63. The van der Waals surface area contributed by atoms with Gasteiger partial charge < -0.3 is 0 Å². The van der Waals surface area contributed by atoms with Crippen LogP contribution in [-0.4, -0.2) is 6.21 Å². The first-order valence-corrected chi connectivity index (χ1v) is 5.07. The first kappa shape index (κ1) is 9.20. The van der Waals surface area contributed by atoms with Crippen LogP contribution in [0.25, 0.3) is 6.08 Å². The maximum absolute atomic E-state index is 4.52. The summed E-state index contributed by atoms with van der Waals surface area (Å²) in [6.07, 6.45) is 7.55. The molecule has 0 N–H and O–H groups in total. The van der Waals surface area contributed by atoms with Crippen molar-refractivity contribution in [1.82, 2.24) is 0 Å². The molecule has 2 rings (SSSR count). The van der Waals surface area contributed by atoms with Crippen LogP contribution < -0.4 is 0 Å². The fourth-order valence-corrected chi connectivity index (χ4v) is 1.50. The van der Waals surface area contributed by atoms with Gasteiger partial charge in [-0.25, -0.2) is 0 Å². The van der Waals surface area contributed by atoms with Gasteiger partial charge in [0.1, 0.15) is 0 Å². The van der Waals surface area contributed by atoms with Gasteiger partial charge in [-0.2, -0.15) is 0 Å². The van der Waals surface area contributed by atoms with Crippen molar-refractivity contribution in [2.75, 3.05) is 0 Å². The molecule has 0 saturated carbocycles. The number of aliphatic imine (C=N–C) groups is 1. The maximum Gasteiger partial charge on any atom is 0.0698 e. The van der Waals surface area contributed by atoms with Crippen molar-refractivity contribution >= 4 is 18.0 Å². The Bertz CT molecular complexity index is 355. The van der Waals surface area contributed by atoms with Crippen LogP contribution in [0.3, 0.4) is 0 Å². The van der Waals surface area contributed by atoms with E-state index < -0.39 is 0 Å². The fourth-order valence-electron chi connectivity index (χ4n) is 1.50. The number of fused-ring (bicyclic) bond motifs is 1. The number of rotatable bonds is 1. The Morgan fingerprint density at radius 3 is 2.86 bits per heavy atom. The average molecular weight is 185 g/mol. The van der Waals surface area contributed by atoms with Crippen LogP contribution in [0, 0.1) is 5.41 Å². The van der Waals surface area contributed by atoms with Gasteiger partial charge >= 0.3 is 0 Å². The minimum Gasteiger partial charge on any atom is -0.260 e. The lowest BCUT2D eigenvalue weighted by molar-refractivity contribution is 0.590. The molecule has 0 fully saturated rings. The molecule has 0 spiro atoms. The molecule has 1 heterocycles. The third-order valence-corrected chi connectivity index (χ3v) is 2.84. The molecule has 1 nitrogen and oxygen atoms in total. The highest BCUT2D eigenvalue weighted by Crippen LogP contribution is 2.29. The normalized spacial score (nSPS) is 24.4. The molecule has 0 amide bonds. The highest BCUT2D eigenvalue weighted by atomic mass is 14.7. The van der Waals surface area contributed by atoms with Gasteiger partial charge in [0, 0.05) is 11.6 Å². The van der Waals surface area contributed by atoms with E-state index in [1.807, 2.05) is 12.1 Å². The Balaban J connectivity index is 2.47. The van der Waals surface area contributed by atoms with Crippen molar-refractivity contribution in [3.05, 3.63) is 35.9 Å². The molecule has 0 radical (unpaired) electrons. The van der Waals surface area contributed by atoms with E-state index in [2.05, 4.69) is 49.3 Å². The summed E-state index contributed by atoms with van der Waals surface area (Å²) in [5.74, 6) is 0. The Morgan fingerprint density at radius 2 is 2.07 bits per heavy atom. The molecule has 0 saturated heterocycles. The van der Waals surface area contributed by atoms with Crippen LogP contribution in [0.1, 0.15) is 25.8 Å². The van der Waals surface area contributed by atoms with Crippen LogP contribution in [0.5, 0.6) is 0 Å². The SMILES string of the molecule is CCC1(C)C=Cc2ccccc2N=C1. The molecular weight excluding hydrogens is 170 g/mol. The van der Waals surface area contributed by atoms with Crippen molar-refractivity contribution in [3.63, 3.8) is 0 Å². The number of benzene rings is 1. The molecule has 14 heavy (non-hydrogen) atoms. The topological polar surface area (TPSA) is 12.4 Å². The van der Waals surface area contributed by atoms with Crippen molar-refractivity contribution in [3.8, 4) is 0 Å². The highest BCUT2D eigenvalue weighted by molar-refractivity contribution is 5.79. The van der Waals surface area contributed by atoms with Crippen LogP contribution in [-0.2, 0) is 0 Å². The molecule has 0 bridgehead atoms. The second-order valence-corrected chi connectivity index (χ2v) is 4.01. The lowest BCUT2D eigenvalue weighted by atomic mass is 9.89. The van der Waals surface area contributed by atoms with E-state index in [4.69, 9.17) is 0 Å². The lowest BCUT2D eigenvalue weighted by Gasteiger charge is -2.16. The van der Waals surface area contributed by atoms with Gasteiger partial charge in [0.05, 0.1) is 5.69 Å². The zero-order valence-electron chi connectivity index (χ0n) is 8.70. The summed E-state index contributed by atoms with van der Waals surface area (Å²) in [6.45, 7) is 4.39. The monoisotopic (exact) mass is 185 g/mol. The van der Waals surface area contributed by atoms with Crippen molar-refractivity contribution in [2.24, 2.45) is 10.4 Å². The molecule has 0 aromatic heterocycles. The highest BCUT2D eigenvalue weighted by Gasteiger charge is 2.17. The Hall–Kier alpha value is -1.37. The second kappa shape index (κ2) is 3.41. The average Bonchev–Trinajstić information content (AvgIpc) is 2.40. The summed E-state index contributed by atoms with van der Waals surface area (Å²) in [5, 5.41) is 0. The largest absolute Gasteiger partial charge is 0.260 e. The summed E-state index contributed by atoms with van der Waals surface area (Å²) >= 11 is 0.